The number of carbonyl (C=O) groups excluding carboxylic acids is 1. The minimum Gasteiger partial charge on any atom is -0.304 e. The van der Waals surface area contributed by atoms with Gasteiger partial charge < -0.3 is 5.32 Å². The van der Waals surface area contributed by atoms with E-state index in [9.17, 15) is 4.79 Å². The maximum Gasteiger partial charge on any atom is 0.239 e. The molecule has 21 heavy (non-hydrogen) atoms. The number of hydrogen-bond acceptors (Lipinski definition) is 3. The molecule has 3 nitrogen and oxygen atoms in total. The normalized spacial score (nSPS) is 19.8. The summed E-state index contributed by atoms with van der Waals surface area (Å²) in [7, 11) is 0. The van der Waals surface area contributed by atoms with Crippen LogP contribution in [0.5, 0.6) is 0 Å². The van der Waals surface area contributed by atoms with Crippen molar-refractivity contribution >= 4 is 40.1 Å². The molecule has 0 radical (unpaired) electrons. The molecule has 3 rings (SSSR count). The fourth-order valence-electron chi connectivity index (χ4n) is 2.08. The van der Waals surface area contributed by atoms with Crippen LogP contribution in [0.1, 0.15) is 5.56 Å². The van der Waals surface area contributed by atoms with Gasteiger partial charge >= 0.3 is 0 Å². The maximum atomic E-state index is 12.0. The lowest BCUT2D eigenvalue weighted by atomic mass is 10.1. The molecule has 5 heteroatoms. The van der Waals surface area contributed by atoms with E-state index >= 15 is 0 Å². The van der Waals surface area contributed by atoms with Crippen LogP contribution in [-0.4, -0.2) is 16.3 Å². The van der Waals surface area contributed by atoms with Crippen LogP contribution in [0.3, 0.4) is 0 Å². The van der Waals surface area contributed by atoms with Crippen molar-refractivity contribution in [1.29, 1.82) is 0 Å². The average Bonchev–Trinajstić information content (AvgIpc) is 2.82. The van der Waals surface area contributed by atoms with Crippen LogP contribution < -0.4 is 5.32 Å². The van der Waals surface area contributed by atoms with Crippen molar-refractivity contribution in [2.24, 2.45) is 4.99 Å². The van der Waals surface area contributed by atoms with Crippen LogP contribution in [0, 0.1) is 0 Å². The van der Waals surface area contributed by atoms with E-state index < -0.39 is 0 Å². The second kappa shape index (κ2) is 6.33. The first-order chi connectivity index (χ1) is 10.2. The second-order valence-electron chi connectivity index (χ2n) is 4.64. The van der Waals surface area contributed by atoms with Crippen molar-refractivity contribution in [1.82, 2.24) is 5.32 Å². The van der Waals surface area contributed by atoms with Gasteiger partial charge in [0.2, 0.25) is 5.91 Å². The van der Waals surface area contributed by atoms with Gasteiger partial charge in [0, 0.05) is 5.02 Å². The molecule has 0 aliphatic carbocycles. The predicted octanol–water partition coefficient (Wildman–Crippen LogP) is 3.80. The number of nitrogens with one attached hydrogen (secondary N) is 1. The minimum absolute atomic E-state index is 0.0189. The summed E-state index contributed by atoms with van der Waals surface area (Å²) in [5.74, 6) is -0.0189. The third-order valence-electron chi connectivity index (χ3n) is 3.13. The van der Waals surface area contributed by atoms with Gasteiger partial charge in [-0.2, -0.15) is 0 Å². The van der Waals surface area contributed by atoms with E-state index in [4.69, 9.17) is 11.6 Å². The van der Waals surface area contributed by atoms with Crippen LogP contribution in [0.15, 0.2) is 59.6 Å². The molecule has 1 heterocycles. The Morgan fingerprint density at radius 3 is 2.57 bits per heavy atom. The molecule has 1 aliphatic rings. The largest absolute Gasteiger partial charge is 0.304 e. The first-order valence-corrected chi connectivity index (χ1v) is 7.83. The van der Waals surface area contributed by atoms with Gasteiger partial charge in [-0.05, 0) is 30.2 Å². The van der Waals surface area contributed by atoms with Gasteiger partial charge in [-0.25, -0.2) is 4.99 Å². The van der Waals surface area contributed by atoms with Crippen molar-refractivity contribution in [2.75, 3.05) is 0 Å². The molecule has 0 spiro atoms. The smallest absolute Gasteiger partial charge is 0.239 e. The molecule has 1 N–H and O–H groups in total. The van der Waals surface area contributed by atoms with Crippen molar-refractivity contribution in [2.45, 2.75) is 11.7 Å². The maximum absolute atomic E-state index is 12.0. The van der Waals surface area contributed by atoms with Crippen molar-refractivity contribution < 1.29 is 4.79 Å². The van der Waals surface area contributed by atoms with E-state index in [1.165, 1.54) is 11.8 Å². The first kappa shape index (κ1) is 14.2. The molecule has 2 aromatic rings. The highest BCUT2D eigenvalue weighted by atomic mass is 35.5. The van der Waals surface area contributed by atoms with Crippen LogP contribution in [0.4, 0.5) is 5.69 Å². The quantitative estimate of drug-likeness (QED) is 0.935. The summed E-state index contributed by atoms with van der Waals surface area (Å²) in [6, 6.07) is 17.2. The summed E-state index contributed by atoms with van der Waals surface area (Å²) in [4.78, 5) is 16.5. The van der Waals surface area contributed by atoms with Crippen LogP contribution in [-0.2, 0) is 11.2 Å². The molecule has 1 aliphatic heterocycles. The standard InChI is InChI=1S/C16H13ClN2OS/c17-13-9-5-4-6-11(13)10-14-15(20)19-16(21-14)18-12-7-2-1-3-8-12/h1-9,14H,10H2,(H,18,19,20). The van der Waals surface area contributed by atoms with Crippen molar-refractivity contribution in [3.8, 4) is 0 Å². The van der Waals surface area contributed by atoms with E-state index in [1.54, 1.807) is 0 Å². The topological polar surface area (TPSA) is 41.5 Å². The SMILES string of the molecule is O=C1NC(=Nc2ccccc2)SC1Cc1ccccc1Cl. The number of amides is 1. The summed E-state index contributed by atoms with van der Waals surface area (Å²) < 4.78 is 0. The number of nitrogens with zero attached hydrogens (tertiary/aromatic N) is 1. The number of carbonyl (C=O) groups is 1. The molecule has 1 atom stereocenters. The van der Waals surface area contributed by atoms with Crippen molar-refractivity contribution in [3.05, 3.63) is 65.2 Å². The molecule has 1 saturated heterocycles. The first-order valence-electron chi connectivity index (χ1n) is 6.57. The van der Waals surface area contributed by atoms with E-state index in [0.29, 0.717) is 16.6 Å². The summed E-state index contributed by atoms with van der Waals surface area (Å²) in [6.07, 6.45) is 0.601. The monoisotopic (exact) mass is 316 g/mol. The number of halogens is 1. The molecule has 0 aromatic heterocycles. The van der Waals surface area contributed by atoms with Gasteiger partial charge in [-0.15, -0.1) is 0 Å². The summed E-state index contributed by atoms with van der Waals surface area (Å²) >= 11 is 7.59. The molecule has 1 unspecified atom stereocenters. The molecule has 1 fully saturated rings. The third-order valence-corrected chi connectivity index (χ3v) is 4.58. The Balaban J connectivity index is 1.74. The summed E-state index contributed by atoms with van der Waals surface area (Å²) in [5, 5.41) is 3.97. The Hall–Kier alpha value is -1.78. The number of aliphatic imine (C=N–C) groups is 1. The molecule has 106 valence electrons. The Bertz CT molecular complexity index is 688. The van der Waals surface area contributed by atoms with E-state index in [0.717, 1.165) is 11.3 Å². The van der Waals surface area contributed by atoms with Crippen LogP contribution in [0.2, 0.25) is 5.02 Å². The van der Waals surface area contributed by atoms with Crippen LogP contribution in [0.25, 0.3) is 0 Å². The second-order valence-corrected chi connectivity index (χ2v) is 6.24. The molecule has 0 saturated carbocycles. The number of thioether (sulfide) groups is 1. The van der Waals surface area contributed by atoms with Gasteiger partial charge in [-0.1, -0.05) is 59.8 Å². The zero-order valence-corrected chi connectivity index (χ0v) is 12.7. The molecular weight excluding hydrogens is 304 g/mol. The highest BCUT2D eigenvalue weighted by molar-refractivity contribution is 8.15. The number of hydrogen-bond donors (Lipinski definition) is 1. The zero-order valence-electron chi connectivity index (χ0n) is 11.1. The molecular formula is C16H13ClN2OS. The lowest BCUT2D eigenvalue weighted by molar-refractivity contribution is -0.118. The number of amidine groups is 1. The van der Waals surface area contributed by atoms with E-state index in [2.05, 4.69) is 10.3 Å². The van der Waals surface area contributed by atoms with Crippen LogP contribution >= 0.6 is 23.4 Å². The average molecular weight is 317 g/mol. The lowest BCUT2D eigenvalue weighted by Crippen LogP contribution is -2.26. The highest BCUT2D eigenvalue weighted by Crippen LogP contribution is 2.27. The highest BCUT2D eigenvalue weighted by Gasteiger charge is 2.30. The number of para-hydroxylation sites is 1. The lowest BCUT2D eigenvalue weighted by Gasteiger charge is -2.06. The molecule has 1 amide bonds. The Morgan fingerprint density at radius 2 is 1.81 bits per heavy atom. The Morgan fingerprint density at radius 1 is 1.10 bits per heavy atom. The summed E-state index contributed by atoms with van der Waals surface area (Å²) in [6.45, 7) is 0. The van der Waals surface area contributed by atoms with Gasteiger partial charge in [0.15, 0.2) is 5.17 Å². The van der Waals surface area contributed by atoms with Gasteiger partial charge in [0.25, 0.3) is 0 Å². The van der Waals surface area contributed by atoms with Gasteiger partial charge in [0.05, 0.1) is 10.9 Å². The predicted molar refractivity (Wildman–Crippen MR) is 88.2 cm³/mol. The fraction of sp³-hybridized carbons (Fsp3) is 0.125. The van der Waals surface area contributed by atoms with E-state index in [-0.39, 0.29) is 11.2 Å². The molecule has 2 aromatic carbocycles. The number of rotatable bonds is 3. The zero-order chi connectivity index (χ0) is 14.7. The fourth-order valence-corrected chi connectivity index (χ4v) is 3.30. The Labute approximate surface area is 132 Å². The minimum atomic E-state index is -0.188. The number of benzene rings is 2. The summed E-state index contributed by atoms with van der Waals surface area (Å²) in [5.41, 5.74) is 1.81. The third kappa shape index (κ3) is 3.46. The van der Waals surface area contributed by atoms with Gasteiger partial charge in [-0.3, -0.25) is 4.79 Å². The van der Waals surface area contributed by atoms with E-state index in [1.807, 2.05) is 54.6 Å². The van der Waals surface area contributed by atoms with Gasteiger partial charge in [0.1, 0.15) is 0 Å². The Kier molecular flexibility index (Phi) is 4.27. The molecule has 0 bridgehead atoms. The van der Waals surface area contributed by atoms with Crippen molar-refractivity contribution in [3.63, 3.8) is 0 Å².